The maximum atomic E-state index is 12.7. The van der Waals surface area contributed by atoms with Crippen LogP contribution in [0.25, 0.3) is 10.8 Å². The first-order valence-corrected chi connectivity index (χ1v) is 8.82. The summed E-state index contributed by atoms with van der Waals surface area (Å²) in [6, 6.07) is 12.9. The van der Waals surface area contributed by atoms with Gasteiger partial charge in [0.1, 0.15) is 6.04 Å². The lowest BCUT2D eigenvalue weighted by Crippen LogP contribution is -2.48. The molecule has 0 saturated heterocycles. The van der Waals surface area contributed by atoms with E-state index in [0.717, 1.165) is 21.2 Å². The predicted molar refractivity (Wildman–Crippen MR) is 104 cm³/mol. The Morgan fingerprint density at radius 1 is 1.30 bits per heavy atom. The minimum atomic E-state index is -0.887. The van der Waals surface area contributed by atoms with Crippen LogP contribution in [0.15, 0.2) is 55.1 Å². The van der Waals surface area contributed by atoms with Crippen molar-refractivity contribution in [2.75, 3.05) is 13.2 Å². The van der Waals surface area contributed by atoms with Crippen LogP contribution >= 0.6 is 0 Å². The van der Waals surface area contributed by atoms with Gasteiger partial charge in [0.25, 0.3) is 5.91 Å². The zero-order valence-corrected chi connectivity index (χ0v) is 15.4. The lowest BCUT2D eigenvalue weighted by molar-refractivity contribution is -0.130. The molecule has 2 amide bonds. The van der Waals surface area contributed by atoms with E-state index in [-0.39, 0.29) is 19.6 Å². The number of rotatable bonds is 8. The predicted octanol–water partition coefficient (Wildman–Crippen LogP) is 3.38. The van der Waals surface area contributed by atoms with Crippen LogP contribution in [-0.2, 0) is 16.0 Å². The fourth-order valence-corrected chi connectivity index (χ4v) is 2.68. The molecule has 27 heavy (non-hydrogen) atoms. The number of likely N-dealkylation sites (N-methyl/N-ethyl adjacent to an activating group) is 1. The Kier molecular flexibility index (Phi) is 7.38. The molecule has 2 rings (SSSR count). The Bertz CT molecular complexity index is 857. The van der Waals surface area contributed by atoms with Crippen molar-refractivity contribution in [2.24, 2.45) is 0 Å². The molecule has 0 saturated carbocycles. The Labute approximate surface area is 159 Å². The van der Waals surface area contributed by atoms with E-state index in [1.54, 1.807) is 13.0 Å². The number of ether oxygens (including phenoxy) is 1. The first-order chi connectivity index (χ1) is 13.1. The third-order valence-corrected chi connectivity index (χ3v) is 4.10. The van der Waals surface area contributed by atoms with Crippen molar-refractivity contribution in [1.29, 1.82) is 5.26 Å². The largest absolute Gasteiger partial charge is 0.449 e. The molecule has 2 aromatic carbocycles. The molecule has 1 N–H and O–H groups in total. The second kappa shape index (κ2) is 9.97. The van der Waals surface area contributed by atoms with Crippen LogP contribution in [0.4, 0.5) is 4.79 Å². The smallest absolute Gasteiger partial charge is 0.407 e. The van der Waals surface area contributed by atoms with Crippen molar-refractivity contribution in [3.63, 3.8) is 0 Å². The summed E-state index contributed by atoms with van der Waals surface area (Å²) in [5.74, 6) is -0.464. The lowest BCUT2D eigenvalue weighted by atomic mass is 10.0. The van der Waals surface area contributed by atoms with Crippen molar-refractivity contribution in [3.05, 3.63) is 60.7 Å². The summed E-state index contributed by atoms with van der Waals surface area (Å²) in [5, 5.41) is 13.9. The highest BCUT2D eigenvalue weighted by Gasteiger charge is 2.26. The molecular weight excluding hydrogens is 342 g/mol. The normalized spacial score (nSPS) is 11.3. The van der Waals surface area contributed by atoms with Crippen LogP contribution in [0, 0.1) is 11.5 Å². The Morgan fingerprint density at radius 2 is 2.04 bits per heavy atom. The SMILES string of the molecule is C=CCCOC(=O)NC(Cc1ccc2ccccc2c1)C(=O)N(C#N)CC. The highest BCUT2D eigenvalue weighted by atomic mass is 16.5. The van der Waals surface area contributed by atoms with Crippen molar-refractivity contribution in [1.82, 2.24) is 10.2 Å². The second-order valence-electron chi connectivity index (χ2n) is 5.98. The minimum Gasteiger partial charge on any atom is -0.449 e. The van der Waals surface area contributed by atoms with Gasteiger partial charge in [-0.2, -0.15) is 5.26 Å². The standard InChI is InChI=1S/C21H23N3O3/c1-3-5-12-27-21(26)23-19(20(25)24(4-2)15-22)14-16-10-11-17-8-6-7-9-18(17)13-16/h3,6-11,13,19H,1,4-5,12,14H2,2H3,(H,23,26). The van der Waals surface area contributed by atoms with Crippen LogP contribution in [0.3, 0.4) is 0 Å². The van der Waals surface area contributed by atoms with Gasteiger partial charge in [0, 0.05) is 13.0 Å². The van der Waals surface area contributed by atoms with Crippen LogP contribution in [0.2, 0.25) is 0 Å². The maximum absolute atomic E-state index is 12.7. The molecule has 0 aliphatic carbocycles. The molecule has 1 unspecified atom stereocenters. The van der Waals surface area contributed by atoms with E-state index in [4.69, 9.17) is 10.00 Å². The summed E-state index contributed by atoms with van der Waals surface area (Å²) in [4.78, 5) is 25.7. The number of hydrogen-bond donors (Lipinski definition) is 1. The monoisotopic (exact) mass is 365 g/mol. The Balaban J connectivity index is 2.19. The molecule has 0 heterocycles. The molecule has 0 spiro atoms. The van der Waals surface area contributed by atoms with Crippen molar-refractivity contribution in [3.8, 4) is 6.19 Å². The van der Waals surface area contributed by atoms with Gasteiger partial charge < -0.3 is 10.1 Å². The molecular formula is C21H23N3O3. The van der Waals surface area contributed by atoms with Gasteiger partial charge in [-0.25, -0.2) is 9.69 Å². The molecule has 0 aliphatic rings. The number of alkyl carbamates (subject to hydrolysis) is 1. The van der Waals surface area contributed by atoms with Crippen LogP contribution < -0.4 is 5.32 Å². The zero-order valence-electron chi connectivity index (χ0n) is 15.4. The first kappa shape index (κ1) is 20.0. The summed E-state index contributed by atoms with van der Waals surface area (Å²) >= 11 is 0. The molecule has 1 atom stereocenters. The van der Waals surface area contributed by atoms with Gasteiger partial charge in [0.05, 0.1) is 6.61 Å². The fraction of sp³-hybridized carbons (Fsp3) is 0.286. The van der Waals surface area contributed by atoms with Gasteiger partial charge >= 0.3 is 6.09 Å². The number of nitrogens with zero attached hydrogens (tertiary/aromatic N) is 2. The van der Waals surface area contributed by atoms with E-state index >= 15 is 0 Å². The van der Waals surface area contributed by atoms with Crippen molar-refractivity contribution in [2.45, 2.75) is 25.8 Å². The third-order valence-electron chi connectivity index (χ3n) is 4.10. The third kappa shape index (κ3) is 5.58. The number of benzene rings is 2. The van der Waals surface area contributed by atoms with Gasteiger partial charge in [-0.1, -0.05) is 48.5 Å². The van der Waals surface area contributed by atoms with E-state index in [1.807, 2.05) is 48.7 Å². The number of nitriles is 1. The number of hydrogen-bond acceptors (Lipinski definition) is 4. The summed E-state index contributed by atoms with van der Waals surface area (Å²) < 4.78 is 5.04. The average Bonchev–Trinajstić information content (AvgIpc) is 2.68. The van der Waals surface area contributed by atoms with Crippen LogP contribution in [0.5, 0.6) is 0 Å². The molecule has 2 aromatic rings. The van der Waals surface area contributed by atoms with Gasteiger partial charge in [-0.3, -0.25) is 4.79 Å². The van der Waals surface area contributed by atoms with Gasteiger partial charge in [0.2, 0.25) is 0 Å². The lowest BCUT2D eigenvalue weighted by Gasteiger charge is -2.21. The summed E-state index contributed by atoms with van der Waals surface area (Å²) in [5.41, 5.74) is 0.882. The van der Waals surface area contributed by atoms with Crippen LogP contribution in [-0.4, -0.2) is 36.1 Å². The molecule has 140 valence electrons. The summed E-state index contributed by atoms with van der Waals surface area (Å²) in [7, 11) is 0. The van der Waals surface area contributed by atoms with E-state index in [0.29, 0.717) is 6.42 Å². The highest BCUT2D eigenvalue weighted by molar-refractivity contribution is 5.87. The summed E-state index contributed by atoms with van der Waals surface area (Å²) in [6.07, 6.45) is 3.59. The van der Waals surface area contributed by atoms with E-state index in [2.05, 4.69) is 11.9 Å². The number of carbonyl (C=O) groups is 2. The molecule has 0 radical (unpaired) electrons. The molecule has 0 fully saturated rings. The molecule has 6 nitrogen and oxygen atoms in total. The van der Waals surface area contributed by atoms with Crippen LogP contribution in [0.1, 0.15) is 18.9 Å². The minimum absolute atomic E-state index is 0.183. The Hall–Kier alpha value is -3.33. The topological polar surface area (TPSA) is 82.4 Å². The van der Waals surface area contributed by atoms with Gasteiger partial charge in [-0.15, -0.1) is 6.58 Å². The van der Waals surface area contributed by atoms with Crippen molar-refractivity contribution >= 4 is 22.8 Å². The van der Waals surface area contributed by atoms with E-state index < -0.39 is 18.0 Å². The molecule has 0 aromatic heterocycles. The fourth-order valence-electron chi connectivity index (χ4n) is 2.68. The first-order valence-electron chi connectivity index (χ1n) is 8.82. The van der Waals surface area contributed by atoms with Crippen molar-refractivity contribution < 1.29 is 14.3 Å². The molecule has 0 aliphatic heterocycles. The van der Waals surface area contributed by atoms with Gasteiger partial charge in [-0.05, 0) is 29.7 Å². The number of amides is 2. The quantitative estimate of drug-likeness (QED) is 0.336. The highest BCUT2D eigenvalue weighted by Crippen LogP contribution is 2.17. The molecule has 6 heteroatoms. The number of carbonyl (C=O) groups excluding carboxylic acids is 2. The summed E-state index contributed by atoms with van der Waals surface area (Å²) in [6.45, 7) is 5.68. The average molecular weight is 365 g/mol. The maximum Gasteiger partial charge on any atom is 0.407 e. The van der Waals surface area contributed by atoms with Gasteiger partial charge in [0.15, 0.2) is 6.19 Å². The zero-order chi connectivity index (χ0) is 19.6. The number of nitrogens with one attached hydrogen (secondary N) is 1. The van der Waals surface area contributed by atoms with E-state index in [1.165, 1.54) is 0 Å². The Morgan fingerprint density at radius 3 is 2.70 bits per heavy atom. The second-order valence-corrected chi connectivity index (χ2v) is 5.98. The number of fused-ring (bicyclic) bond motifs is 1. The van der Waals surface area contributed by atoms with E-state index in [9.17, 15) is 9.59 Å². The molecule has 0 bridgehead atoms.